The SMILES string of the molecule is O=C(NCC1CCCCN1CCn1nc2c(cc1=O)COCC2)c1ccc2n[nH]nc2c1. The van der Waals surface area contributed by atoms with Crippen molar-refractivity contribution in [1.29, 1.82) is 0 Å². The number of nitrogens with one attached hydrogen (secondary N) is 2. The number of rotatable bonds is 6. The molecular formula is C22H27N7O3. The fourth-order valence-electron chi connectivity index (χ4n) is 4.52. The van der Waals surface area contributed by atoms with Crippen LogP contribution in [0.25, 0.3) is 11.0 Å². The van der Waals surface area contributed by atoms with Crippen LogP contribution in [0, 0.1) is 0 Å². The highest BCUT2D eigenvalue weighted by Gasteiger charge is 2.23. The first-order valence-electron chi connectivity index (χ1n) is 11.2. The van der Waals surface area contributed by atoms with Crippen molar-refractivity contribution in [1.82, 2.24) is 35.4 Å². The molecule has 32 heavy (non-hydrogen) atoms. The maximum absolute atomic E-state index is 12.7. The molecule has 4 heterocycles. The van der Waals surface area contributed by atoms with Gasteiger partial charge in [0.1, 0.15) is 11.0 Å². The van der Waals surface area contributed by atoms with E-state index in [4.69, 9.17) is 4.74 Å². The van der Waals surface area contributed by atoms with Crippen molar-refractivity contribution in [2.45, 2.75) is 44.9 Å². The minimum Gasteiger partial charge on any atom is -0.376 e. The molecule has 3 aromatic rings. The number of carbonyl (C=O) groups excluding carboxylic acids is 1. The monoisotopic (exact) mass is 437 g/mol. The average molecular weight is 438 g/mol. The summed E-state index contributed by atoms with van der Waals surface area (Å²) in [5, 5.41) is 18.3. The van der Waals surface area contributed by atoms with Crippen molar-refractivity contribution >= 4 is 16.9 Å². The summed E-state index contributed by atoms with van der Waals surface area (Å²) in [6.45, 7) is 3.91. The zero-order chi connectivity index (χ0) is 21.9. The van der Waals surface area contributed by atoms with Crippen LogP contribution >= 0.6 is 0 Å². The number of hydrogen-bond acceptors (Lipinski definition) is 7. The maximum Gasteiger partial charge on any atom is 0.267 e. The lowest BCUT2D eigenvalue weighted by Crippen LogP contribution is -2.48. The van der Waals surface area contributed by atoms with Crippen molar-refractivity contribution in [3.63, 3.8) is 0 Å². The van der Waals surface area contributed by atoms with Gasteiger partial charge in [0.05, 0.1) is 25.5 Å². The van der Waals surface area contributed by atoms with Crippen LogP contribution in [0.4, 0.5) is 0 Å². The van der Waals surface area contributed by atoms with Gasteiger partial charge in [-0.1, -0.05) is 6.42 Å². The first-order valence-corrected chi connectivity index (χ1v) is 11.2. The van der Waals surface area contributed by atoms with Crippen LogP contribution in [0.3, 0.4) is 0 Å². The molecular weight excluding hydrogens is 410 g/mol. The third-order valence-electron chi connectivity index (χ3n) is 6.33. The van der Waals surface area contributed by atoms with Crippen LogP contribution in [0.15, 0.2) is 29.1 Å². The zero-order valence-corrected chi connectivity index (χ0v) is 17.9. The highest BCUT2D eigenvalue weighted by atomic mass is 16.5. The Morgan fingerprint density at radius 3 is 3.03 bits per heavy atom. The zero-order valence-electron chi connectivity index (χ0n) is 17.9. The minimum atomic E-state index is -0.116. The summed E-state index contributed by atoms with van der Waals surface area (Å²) in [4.78, 5) is 27.5. The maximum atomic E-state index is 12.7. The molecule has 10 nitrogen and oxygen atoms in total. The molecule has 10 heteroatoms. The molecule has 2 aliphatic rings. The molecule has 1 saturated heterocycles. The predicted octanol–water partition coefficient (Wildman–Crippen LogP) is 0.872. The van der Waals surface area contributed by atoms with Gasteiger partial charge in [-0.3, -0.25) is 14.5 Å². The van der Waals surface area contributed by atoms with Gasteiger partial charge in [0.25, 0.3) is 11.5 Å². The molecule has 2 N–H and O–H groups in total. The lowest BCUT2D eigenvalue weighted by atomic mass is 10.0. The van der Waals surface area contributed by atoms with Crippen LogP contribution in [0.2, 0.25) is 0 Å². The molecule has 1 fully saturated rings. The normalized spacial score (nSPS) is 19.1. The van der Waals surface area contributed by atoms with Gasteiger partial charge >= 0.3 is 0 Å². The second kappa shape index (κ2) is 9.17. The number of likely N-dealkylation sites (tertiary alicyclic amines) is 1. The smallest absolute Gasteiger partial charge is 0.267 e. The van der Waals surface area contributed by atoms with Gasteiger partial charge in [0.2, 0.25) is 0 Å². The standard InChI is InChI=1S/C22H27N7O3/c30-21-12-16-14-32-10-6-18(16)26-29(21)9-8-28-7-2-1-3-17(28)13-23-22(31)15-4-5-19-20(11-15)25-27-24-19/h4-5,11-12,17H,1-3,6-10,13-14H2,(H,23,31)(H,24,25,27). The first kappa shape index (κ1) is 20.8. The van der Waals surface area contributed by atoms with E-state index in [-0.39, 0.29) is 17.5 Å². The Kier molecular flexibility index (Phi) is 5.95. The summed E-state index contributed by atoms with van der Waals surface area (Å²) in [7, 11) is 0. The van der Waals surface area contributed by atoms with Gasteiger partial charge < -0.3 is 10.1 Å². The lowest BCUT2D eigenvalue weighted by molar-refractivity contribution is 0.0907. The molecule has 168 valence electrons. The van der Waals surface area contributed by atoms with E-state index in [1.807, 2.05) is 0 Å². The molecule has 1 unspecified atom stereocenters. The summed E-state index contributed by atoms with van der Waals surface area (Å²) in [6, 6.07) is 7.19. The number of ether oxygens (including phenoxy) is 1. The third-order valence-corrected chi connectivity index (χ3v) is 6.33. The van der Waals surface area contributed by atoms with Crippen LogP contribution < -0.4 is 10.9 Å². The Bertz CT molecular complexity index is 1170. The van der Waals surface area contributed by atoms with Crippen LogP contribution in [-0.2, 0) is 24.3 Å². The molecule has 2 aromatic heterocycles. The Morgan fingerprint density at radius 2 is 2.09 bits per heavy atom. The number of hydrogen-bond donors (Lipinski definition) is 2. The molecule has 2 aliphatic heterocycles. The third kappa shape index (κ3) is 4.42. The largest absolute Gasteiger partial charge is 0.376 e. The molecule has 0 radical (unpaired) electrons. The van der Waals surface area contributed by atoms with Gasteiger partial charge in [-0.25, -0.2) is 4.68 Å². The number of fused-ring (bicyclic) bond motifs is 2. The molecule has 1 atom stereocenters. The van der Waals surface area contributed by atoms with Gasteiger partial charge in [0, 0.05) is 42.7 Å². The quantitative estimate of drug-likeness (QED) is 0.587. The van der Waals surface area contributed by atoms with E-state index in [1.54, 1.807) is 28.9 Å². The fraction of sp³-hybridized carbons (Fsp3) is 0.500. The topological polar surface area (TPSA) is 118 Å². The van der Waals surface area contributed by atoms with E-state index < -0.39 is 0 Å². The second-order valence-electron chi connectivity index (χ2n) is 8.40. The number of piperidine rings is 1. The lowest BCUT2D eigenvalue weighted by Gasteiger charge is -2.35. The van der Waals surface area contributed by atoms with Gasteiger partial charge in [-0.2, -0.15) is 20.5 Å². The molecule has 0 aliphatic carbocycles. The number of aromatic amines is 1. The van der Waals surface area contributed by atoms with E-state index in [0.29, 0.717) is 37.4 Å². The van der Waals surface area contributed by atoms with E-state index >= 15 is 0 Å². The van der Waals surface area contributed by atoms with Crippen molar-refractivity contribution in [3.8, 4) is 0 Å². The predicted molar refractivity (Wildman–Crippen MR) is 117 cm³/mol. The molecule has 0 spiro atoms. The van der Waals surface area contributed by atoms with Gasteiger partial charge in [-0.15, -0.1) is 0 Å². The van der Waals surface area contributed by atoms with Crippen LogP contribution in [-0.4, -0.2) is 68.3 Å². The van der Waals surface area contributed by atoms with Crippen LogP contribution in [0.1, 0.15) is 40.9 Å². The van der Waals surface area contributed by atoms with Crippen molar-refractivity contribution in [2.75, 3.05) is 26.2 Å². The first-order chi connectivity index (χ1) is 15.7. The number of aromatic nitrogens is 5. The summed E-state index contributed by atoms with van der Waals surface area (Å²) in [6.07, 6.45) is 4.02. The second-order valence-corrected chi connectivity index (χ2v) is 8.40. The highest BCUT2D eigenvalue weighted by molar-refractivity contribution is 5.97. The average Bonchev–Trinajstić information content (AvgIpc) is 3.29. The van der Waals surface area contributed by atoms with E-state index in [2.05, 4.69) is 30.7 Å². The van der Waals surface area contributed by atoms with Crippen LogP contribution in [0.5, 0.6) is 0 Å². The van der Waals surface area contributed by atoms with Gasteiger partial charge in [-0.05, 0) is 37.6 Å². The summed E-state index contributed by atoms with van der Waals surface area (Å²) in [5.74, 6) is -0.116. The fourth-order valence-corrected chi connectivity index (χ4v) is 4.52. The minimum absolute atomic E-state index is 0.0839. The Balaban J connectivity index is 1.20. The van der Waals surface area contributed by atoms with Crippen molar-refractivity contribution in [3.05, 3.63) is 51.4 Å². The summed E-state index contributed by atoms with van der Waals surface area (Å²) >= 11 is 0. The van der Waals surface area contributed by atoms with Gasteiger partial charge in [0.15, 0.2) is 0 Å². The number of H-pyrrole nitrogens is 1. The molecule has 0 bridgehead atoms. The van der Waals surface area contributed by atoms with E-state index in [1.165, 1.54) is 0 Å². The Morgan fingerprint density at radius 1 is 1.19 bits per heavy atom. The number of nitrogens with zero attached hydrogens (tertiary/aromatic N) is 5. The summed E-state index contributed by atoms with van der Waals surface area (Å²) < 4.78 is 6.99. The molecule has 1 amide bonds. The Hall–Kier alpha value is -3.11. The van der Waals surface area contributed by atoms with Crippen molar-refractivity contribution in [2.24, 2.45) is 0 Å². The molecule has 1 aromatic carbocycles. The number of benzene rings is 1. The highest BCUT2D eigenvalue weighted by Crippen LogP contribution is 2.17. The molecule has 5 rings (SSSR count). The van der Waals surface area contributed by atoms with E-state index in [9.17, 15) is 9.59 Å². The van der Waals surface area contributed by atoms with E-state index in [0.717, 1.165) is 55.5 Å². The van der Waals surface area contributed by atoms with Crippen molar-refractivity contribution < 1.29 is 9.53 Å². The number of carbonyl (C=O) groups is 1. The Labute approximate surface area is 184 Å². The number of amides is 1. The molecule has 0 saturated carbocycles. The summed E-state index contributed by atoms with van der Waals surface area (Å²) in [5.41, 5.74) is 3.76.